The molecule has 0 aromatic heterocycles. The van der Waals surface area contributed by atoms with Gasteiger partial charge in [0.25, 0.3) is 5.91 Å². The number of ether oxygens (including phenoxy) is 3. The molecule has 3 N–H and O–H groups in total. The molecule has 0 aliphatic carbocycles. The second-order valence-corrected chi connectivity index (χ2v) is 16.1. The monoisotopic (exact) mass is 837 g/mol. The summed E-state index contributed by atoms with van der Waals surface area (Å²) in [6, 6.07) is 2.52. The molecule has 1 aliphatic rings. The lowest BCUT2D eigenvalue weighted by Gasteiger charge is -2.33. The minimum Gasteiger partial charge on any atom is -0.497 e. The molecule has 0 saturated heterocycles. The third-order valence-corrected chi connectivity index (χ3v) is 10.6. The maximum Gasteiger partial charge on any atom is 0.334 e. The number of methoxy groups -OCH3 is 1. The Balaban J connectivity index is 2.64. The molecule has 0 radical (unpaired) electrons. The van der Waals surface area contributed by atoms with Gasteiger partial charge in [0.1, 0.15) is 36.0 Å². The largest absolute Gasteiger partial charge is 0.497 e. The highest BCUT2D eigenvalue weighted by atomic mass is 16.6. The molecule has 5 amide bonds. The molecule has 1 aromatic rings. The van der Waals surface area contributed by atoms with Crippen molar-refractivity contribution in [3.8, 4) is 5.75 Å². The van der Waals surface area contributed by atoms with E-state index < -0.39 is 84.4 Å². The summed E-state index contributed by atoms with van der Waals surface area (Å²) in [7, 11) is 4.38. The number of hydrogen-bond donors (Lipinski definition) is 3. The van der Waals surface area contributed by atoms with E-state index >= 15 is 0 Å². The molecule has 1 unspecified atom stereocenters. The number of carbonyl (C=O) groups excluding carboxylic acids is 7. The van der Waals surface area contributed by atoms with Crippen molar-refractivity contribution < 1.29 is 47.8 Å². The number of rotatable bonds is 8. The predicted octanol–water partition coefficient (Wildman–Crippen LogP) is 4.05. The summed E-state index contributed by atoms with van der Waals surface area (Å²) in [6.07, 6.45) is 5.52. The Labute approximate surface area is 355 Å². The van der Waals surface area contributed by atoms with Crippen LogP contribution in [-0.4, -0.2) is 115 Å². The fourth-order valence-electron chi connectivity index (χ4n) is 6.44. The van der Waals surface area contributed by atoms with E-state index in [0.717, 1.165) is 5.57 Å². The van der Waals surface area contributed by atoms with E-state index in [1.807, 2.05) is 47.6 Å². The van der Waals surface area contributed by atoms with Crippen LogP contribution in [0, 0.1) is 17.8 Å². The van der Waals surface area contributed by atoms with Crippen LogP contribution in [0.3, 0.4) is 0 Å². The van der Waals surface area contributed by atoms with Crippen LogP contribution in [0.5, 0.6) is 5.75 Å². The summed E-state index contributed by atoms with van der Waals surface area (Å²) in [5, 5.41) is 8.10. The summed E-state index contributed by atoms with van der Waals surface area (Å²) in [5.41, 5.74) is 1.64. The molecule has 0 spiro atoms. The maximum atomic E-state index is 14.2. The van der Waals surface area contributed by atoms with Crippen molar-refractivity contribution in [2.45, 2.75) is 125 Å². The average molecular weight is 838 g/mol. The molecule has 2 rings (SSSR count). The Morgan fingerprint density at radius 1 is 0.900 bits per heavy atom. The topological polar surface area (TPSA) is 190 Å². The van der Waals surface area contributed by atoms with Crippen molar-refractivity contribution in [3.63, 3.8) is 0 Å². The molecule has 60 heavy (non-hydrogen) atoms. The molecule has 332 valence electrons. The minimum atomic E-state index is -1.23. The highest BCUT2D eigenvalue weighted by Gasteiger charge is 2.36. The van der Waals surface area contributed by atoms with Gasteiger partial charge in [0.15, 0.2) is 6.10 Å². The summed E-state index contributed by atoms with van der Waals surface area (Å²) < 4.78 is 16.9. The van der Waals surface area contributed by atoms with Crippen LogP contribution < -0.4 is 20.7 Å². The Morgan fingerprint density at radius 2 is 1.52 bits per heavy atom. The van der Waals surface area contributed by atoms with Crippen LogP contribution in [0.4, 0.5) is 0 Å². The number of cyclic esters (lactones) is 2. The lowest BCUT2D eigenvalue weighted by atomic mass is 9.97. The third kappa shape index (κ3) is 15.0. The first kappa shape index (κ1) is 50.7. The van der Waals surface area contributed by atoms with Crippen LogP contribution in [0.25, 0.3) is 0 Å². The van der Waals surface area contributed by atoms with Gasteiger partial charge in [-0.1, -0.05) is 77.5 Å². The molecule has 1 aromatic carbocycles. The fourth-order valence-corrected chi connectivity index (χ4v) is 6.44. The Morgan fingerprint density at radius 3 is 2.08 bits per heavy atom. The second kappa shape index (κ2) is 24.0. The SMILES string of the molecule is C/C=C(\C)[C@H]1OC(=O)[C@@H](C)NC(=O)[C@H](C(C)CC)NC(=O)CN(C)C(=O)[C@@H](Cc2ccc(OC)cc2)N(C)C(=O)[C@H](C)NC(=O)[C@@H](CC(C)C)OC(=O)/C(C)=C/C=C/[C@@H]1C. The quantitative estimate of drug-likeness (QED) is 0.255. The number of hydrogen-bond acceptors (Lipinski definition) is 10. The summed E-state index contributed by atoms with van der Waals surface area (Å²) in [5.74, 6) is -4.75. The zero-order chi connectivity index (χ0) is 45.4. The van der Waals surface area contributed by atoms with E-state index in [4.69, 9.17) is 14.2 Å². The van der Waals surface area contributed by atoms with E-state index in [-0.39, 0.29) is 36.2 Å². The zero-order valence-electron chi connectivity index (χ0n) is 37.6. The van der Waals surface area contributed by atoms with Crippen LogP contribution >= 0.6 is 0 Å². The standard InChI is InChI=1S/C45H67N5O10/c1-14-27(5)38-41(53)47-32(10)45(57)60-39(28(6)15-2)29(7)17-16-18-30(8)44(56)59-36(23-26(3)4)40(52)46-31(9)42(54)50(12)35(43(55)49(11)25-37(51)48-38)24-33-19-21-34(58-13)22-20-33/h15-22,26-27,29,31-32,35-36,38-39H,14,23-25H2,1-13H3,(H,46,52)(H,47,53)(H,48,51)/b17-16+,28-15+,30-18+/t27?,29-,31-,32+,35+,36+,38-,39+/m0/s1. The summed E-state index contributed by atoms with van der Waals surface area (Å²) >= 11 is 0. The smallest absolute Gasteiger partial charge is 0.334 e. The lowest BCUT2D eigenvalue weighted by molar-refractivity contribution is -0.154. The number of likely N-dealkylation sites (N-methyl/N-ethyl adjacent to an activating group) is 2. The average Bonchev–Trinajstić information content (AvgIpc) is 3.21. The highest BCUT2D eigenvalue weighted by Crippen LogP contribution is 2.21. The molecule has 8 atom stereocenters. The van der Waals surface area contributed by atoms with Gasteiger partial charge in [0, 0.05) is 32.0 Å². The molecule has 0 saturated carbocycles. The van der Waals surface area contributed by atoms with E-state index in [2.05, 4.69) is 16.0 Å². The van der Waals surface area contributed by atoms with Crippen molar-refractivity contribution in [1.29, 1.82) is 0 Å². The van der Waals surface area contributed by atoms with Crippen LogP contribution in [0.2, 0.25) is 0 Å². The molecule has 15 heteroatoms. The van der Waals surface area contributed by atoms with Crippen molar-refractivity contribution in [1.82, 2.24) is 25.8 Å². The number of esters is 2. The number of allylic oxidation sites excluding steroid dienone is 3. The van der Waals surface area contributed by atoms with Crippen molar-refractivity contribution in [2.75, 3.05) is 27.7 Å². The van der Waals surface area contributed by atoms with Gasteiger partial charge in [-0.3, -0.25) is 24.0 Å². The first-order valence-electron chi connectivity index (χ1n) is 20.6. The molecule has 0 fully saturated rings. The van der Waals surface area contributed by atoms with Crippen molar-refractivity contribution in [2.24, 2.45) is 17.8 Å². The Kier molecular flexibility index (Phi) is 20.2. The van der Waals surface area contributed by atoms with Gasteiger partial charge < -0.3 is 40.0 Å². The molecule has 0 bridgehead atoms. The van der Waals surface area contributed by atoms with Gasteiger partial charge in [-0.25, -0.2) is 9.59 Å². The Hall–Kier alpha value is -5.47. The number of nitrogens with one attached hydrogen (secondary N) is 3. The van der Waals surface area contributed by atoms with Gasteiger partial charge in [0.2, 0.25) is 23.6 Å². The fraction of sp³-hybridized carbons (Fsp3) is 0.578. The van der Waals surface area contributed by atoms with E-state index in [0.29, 0.717) is 17.7 Å². The van der Waals surface area contributed by atoms with E-state index in [1.165, 1.54) is 50.9 Å². The van der Waals surface area contributed by atoms with Gasteiger partial charge in [-0.05, 0) is 76.1 Å². The number of nitrogens with zero attached hydrogens (tertiary/aromatic N) is 2. The van der Waals surface area contributed by atoms with Crippen LogP contribution in [0.15, 0.2) is 59.7 Å². The van der Waals surface area contributed by atoms with Crippen LogP contribution in [0.1, 0.15) is 87.6 Å². The molecule has 1 aliphatic heterocycles. The van der Waals surface area contributed by atoms with E-state index in [9.17, 15) is 33.6 Å². The second-order valence-electron chi connectivity index (χ2n) is 16.1. The van der Waals surface area contributed by atoms with Crippen molar-refractivity contribution in [3.05, 3.63) is 65.3 Å². The molecular formula is C45H67N5O10. The van der Waals surface area contributed by atoms with Gasteiger partial charge in [-0.2, -0.15) is 0 Å². The third-order valence-electron chi connectivity index (χ3n) is 10.6. The number of amides is 5. The summed E-state index contributed by atoms with van der Waals surface area (Å²) in [4.78, 5) is 98.2. The predicted molar refractivity (Wildman–Crippen MR) is 228 cm³/mol. The van der Waals surface area contributed by atoms with Gasteiger partial charge >= 0.3 is 11.9 Å². The van der Waals surface area contributed by atoms with E-state index in [1.54, 1.807) is 50.3 Å². The highest BCUT2D eigenvalue weighted by molar-refractivity contribution is 5.96. The molecular weight excluding hydrogens is 771 g/mol. The van der Waals surface area contributed by atoms with Gasteiger partial charge in [0.05, 0.1) is 13.7 Å². The maximum absolute atomic E-state index is 14.2. The first-order valence-corrected chi connectivity index (χ1v) is 20.6. The normalized spacial score (nSPS) is 27.5. The summed E-state index contributed by atoms with van der Waals surface area (Å²) in [6.45, 7) is 16.9. The van der Waals surface area contributed by atoms with Crippen LogP contribution in [-0.2, 0) is 49.5 Å². The number of carbonyl (C=O) groups is 7. The first-order chi connectivity index (χ1) is 28.1. The lowest BCUT2D eigenvalue weighted by Crippen LogP contribution is -2.57. The molecule has 15 nitrogen and oxygen atoms in total. The minimum absolute atomic E-state index is 0.0461. The zero-order valence-corrected chi connectivity index (χ0v) is 37.6. The number of benzene rings is 1. The molecule has 1 heterocycles. The van der Waals surface area contributed by atoms with Crippen molar-refractivity contribution >= 4 is 41.5 Å². The van der Waals surface area contributed by atoms with Gasteiger partial charge in [-0.15, -0.1) is 0 Å². The Bertz CT molecular complexity index is 1770.